The Hall–Kier alpha value is -2.95. The summed E-state index contributed by atoms with van der Waals surface area (Å²) in [6.45, 7) is 3.42. The van der Waals surface area contributed by atoms with Crippen LogP contribution in [0.15, 0.2) is 42.5 Å². The molecule has 2 fully saturated rings. The minimum Gasteiger partial charge on any atom is -0.454 e. The summed E-state index contributed by atoms with van der Waals surface area (Å²) in [5.74, 6) is 0.809. The van der Waals surface area contributed by atoms with Crippen LogP contribution in [0.2, 0.25) is 0 Å². The summed E-state index contributed by atoms with van der Waals surface area (Å²) in [6, 6.07) is 11.3. The van der Waals surface area contributed by atoms with Gasteiger partial charge >= 0.3 is 0 Å². The third-order valence-electron chi connectivity index (χ3n) is 6.30. The zero-order valence-electron chi connectivity index (χ0n) is 19.3. The van der Waals surface area contributed by atoms with Crippen LogP contribution in [0, 0.1) is 5.82 Å². The van der Waals surface area contributed by atoms with Gasteiger partial charge in [0.15, 0.2) is 16.6 Å². The molecule has 2 atom stereocenters. The standard InChI is InChI=1S/C25H28FN3O5S/c26-18-4-6-19(7-5-18)27-25(35)28-9-11-32-21(14-28)15-29(13-20-2-1-10-31-20)24(30)17-3-8-22-23(12-17)34-16-33-22/h3-8,12,20-21H,1-2,9-11,13-16H2,(H,27,35). The van der Waals surface area contributed by atoms with Crippen molar-refractivity contribution in [2.24, 2.45) is 0 Å². The molecule has 186 valence electrons. The van der Waals surface area contributed by atoms with Crippen LogP contribution in [0.25, 0.3) is 0 Å². The fraction of sp³-hybridized carbons (Fsp3) is 0.440. The lowest BCUT2D eigenvalue weighted by molar-refractivity contribution is -0.0264. The first-order valence-corrected chi connectivity index (χ1v) is 12.2. The minimum atomic E-state index is -0.300. The molecular formula is C25H28FN3O5S. The van der Waals surface area contributed by atoms with Crippen molar-refractivity contribution in [1.82, 2.24) is 9.80 Å². The van der Waals surface area contributed by atoms with Gasteiger partial charge in [-0.15, -0.1) is 0 Å². The Morgan fingerprint density at radius 1 is 1.06 bits per heavy atom. The zero-order chi connectivity index (χ0) is 24.2. The van der Waals surface area contributed by atoms with E-state index in [1.54, 1.807) is 35.2 Å². The van der Waals surface area contributed by atoms with Crippen molar-refractivity contribution in [3.63, 3.8) is 0 Å². The molecule has 5 rings (SSSR count). The molecule has 3 aliphatic rings. The lowest BCUT2D eigenvalue weighted by Gasteiger charge is -2.37. The summed E-state index contributed by atoms with van der Waals surface area (Å²) in [7, 11) is 0. The average Bonchev–Trinajstić information content (AvgIpc) is 3.56. The summed E-state index contributed by atoms with van der Waals surface area (Å²) in [5.41, 5.74) is 1.26. The van der Waals surface area contributed by atoms with Gasteiger partial charge in [-0.1, -0.05) is 0 Å². The summed E-state index contributed by atoms with van der Waals surface area (Å²) in [6.07, 6.45) is 1.70. The van der Waals surface area contributed by atoms with Crippen molar-refractivity contribution >= 4 is 28.9 Å². The fourth-order valence-corrected chi connectivity index (χ4v) is 4.77. The molecule has 0 bridgehead atoms. The maximum atomic E-state index is 13.5. The van der Waals surface area contributed by atoms with Gasteiger partial charge < -0.3 is 34.1 Å². The van der Waals surface area contributed by atoms with Crippen LogP contribution < -0.4 is 14.8 Å². The van der Waals surface area contributed by atoms with Gasteiger partial charge in [0, 0.05) is 44.0 Å². The van der Waals surface area contributed by atoms with Crippen LogP contribution in [0.3, 0.4) is 0 Å². The molecule has 3 aliphatic heterocycles. The fourth-order valence-electron chi connectivity index (χ4n) is 4.48. The quantitative estimate of drug-likeness (QED) is 0.605. The molecule has 0 aromatic heterocycles. The average molecular weight is 502 g/mol. The van der Waals surface area contributed by atoms with Crippen LogP contribution in [0.1, 0.15) is 23.2 Å². The summed E-state index contributed by atoms with van der Waals surface area (Å²) < 4.78 is 35.9. The predicted molar refractivity (Wildman–Crippen MR) is 131 cm³/mol. The van der Waals surface area contributed by atoms with E-state index in [9.17, 15) is 9.18 Å². The van der Waals surface area contributed by atoms with Gasteiger partial charge in [-0.2, -0.15) is 0 Å². The van der Waals surface area contributed by atoms with Crippen molar-refractivity contribution in [1.29, 1.82) is 0 Å². The van der Waals surface area contributed by atoms with Crippen LogP contribution in [0.4, 0.5) is 10.1 Å². The van der Waals surface area contributed by atoms with Crippen LogP contribution >= 0.6 is 12.2 Å². The highest BCUT2D eigenvalue weighted by Crippen LogP contribution is 2.33. The number of anilines is 1. The van der Waals surface area contributed by atoms with Gasteiger partial charge in [0.05, 0.1) is 18.8 Å². The number of rotatable bonds is 6. The van der Waals surface area contributed by atoms with Gasteiger partial charge in [-0.05, 0) is 67.5 Å². The number of hydrogen-bond acceptors (Lipinski definition) is 6. The van der Waals surface area contributed by atoms with Crippen LogP contribution in [-0.2, 0) is 9.47 Å². The van der Waals surface area contributed by atoms with Crippen molar-refractivity contribution in [2.75, 3.05) is 51.5 Å². The second kappa shape index (κ2) is 10.8. The molecule has 10 heteroatoms. The number of ether oxygens (including phenoxy) is 4. The number of thiocarbonyl (C=S) groups is 1. The van der Waals surface area contributed by atoms with Crippen molar-refractivity contribution in [2.45, 2.75) is 25.0 Å². The topological polar surface area (TPSA) is 72.5 Å². The highest BCUT2D eigenvalue weighted by molar-refractivity contribution is 7.80. The summed E-state index contributed by atoms with van der Waals surface area (Å²) in [4.78, 5) is 17.3. The van der Waals surface area contributed by atoms with E-state index in [1.807, 2.05) is 4.90 Å². The number of fused-ring (bicyclic) bond motifs is 1. The third-order valence-corrected chi connectivity index (χ3v) is 6.66. The SMILES string of the molecule is O=C(c1ccc2c(c1)OCO2)N(CC1CCCO1)CC1CN(C(=S)Nc2ccc(F)cc2)CCO1. The number of hydrogen-bond donors (Lipinski definition) is 1. The Morgan fingerprint density at radius 3 is 2.63 bits per heavy atom. The second-order valence-corrected chi connectivity index (χ2v) is 9.18. The van der Waals surface area contributed by atoms with Gasteiger partial charge in [0.2, 0.25) is 6.79 Å². The monoisotopic (exact) mass is 501 g/mol. The first-order valence-electron chi connectivity index (χ1n) is 11.8. The van der Waals surface area contributed by atoms with E-state index in [2.05, 4.69) is 5.32 Å². The number of nitrogens with zero attached hydrogens (tertiary/aromatic N) is 2. The lowest BCUT2D eigenvalue weighted by Crippen LogP contribution is -2.52. The molecule has 0 radical (unpaired) electrons. The number of carbonyl (C=O) groups is 1. The Morgan fingerprint density at radius 2 is 1.83 bits per heavy atom. The molecule has 2 aromatic carbocycles. The Balaban J connectivity index is 1.26. The molecule has 2 aromatic rings. The first kappa shape index (κ1) is 23.8. The summed E-state index contributed by atoms with van der Waals surface area (Å²) >= 11 is 5.58. The number of amides is 1. The maximum absolute atomic E-state index is 13.5. The number of morpholine rings is 1. The predicted octanol–water partition coefficient (Wildman–Crippen LogP) is 3.27. The molecule has 2 saturated heterocycles. The molecule has 3 heterocycles. The third kappa shape index (κ3) is 5.83. The van der Waals surface area contributed by atoms with Crippen molar-refractivity contribution in [3.8, 4) is 11.5 Å². The zero-order valence-corrected chi connectivity index (χ0v) is 20.1. The Kier molecular flexibility index (Phi) is 7.31. The lowest BCUT2D eigenvalue weighted by atomic mass is 10.1. The molecule has 1 amide bonds. The largest absolute Gasteiger partial charge is 0.454 e. The molecule has 0 spiro atoms. The van der Waals surface area contributed by atoms with Crippen molar-refractivity contribution in [3.05, 3.63) is 53.8 Å². The Bertz CT molecular complexity index is 1060. The van der Waals surface area contributed by atoms with Gasteiger partial charge in [0.25, 0.3) is 5.91 Å². The van der Waals surface area contributed by atoms with Crippen LogP contribution in [-0.4, -0.2) is 79.2 Å². The highest BCUT2D eigenvalue weighted by Gasteiger charge is 2.30. The molecule has 1 N–H and O–H groups in total. The first-order chi connectivity index (χ1) is 17.0. The highest BCUT2D eigenvalue weighted by atomic mass is 32.1. The van der Waals surface area contributed by atoms with Crippen molar-refractivity contribution < 1.29 is 28.1 Å². The number of halogens is 1. The molecule has 35 heavy (non-hydrogen) atoms. The summed E-state index contributed by atoms with van der Waals surface area (Å²) in [5, 5.41) is 3.69. The number of benzene rings is 2. The molecule has 2 unspecified atom stereocenters. The van der Waals surface area contributed by atoms with E-state index in [0.717, 1.165) is 18.5 Å². The molecule has 0 saturated carbocycles. The van der Waals surface area contributed by atoms with Gasteiger partial charge in [-0.25, -0.2) is 4.39 Å². The van der Waals surface area contributed by atoms with Gasteiger partial charge in [0.1, 0.15) is 5.82 Å². The number of nitrogens with one attached hydrogen (secondary N) is 1. The normalized spacial score (nSPS) is 21.1. The van der Waals surface area contributed by atoms with E-state index in [1.165, 1.54) is 12.1 Å². The van der Waals surface area contributed by atoms with Crippen LogP contribution in [0.5, 0.6) is 11.5 Å². The molecule has 0 aliphatic carbocycles. The Labute approximate surface area is 208 Å². The van der Waals surface area contributed by atoms with E-state index < -0.39 is 0 Å². The number of carbonyl (C=O) groups excluding carboxylic acids is 1. The van der Waals surface area contributed by atoms with E-state index >= 15 is 0 Å². The molecular weight excluding hydrogens is 473 g/mol. The second-order valence-electron chi connectivity index (χ2n) is 8.79. The van der Waals surface area contributed by atoms with E-state index in [0.29, 0.717) is 61.6 Å². The van der Waals surface area contributed by atoms with E-state index in [4.69, 9.17) is 31.2 Å². The van der Waals surface area contributed by atoms with E-state index in [-0.39, 0.29) is 30.7 Å². The molecule has 8 nitrogen and oxygen atoms in total. The van der Waals surface area contributed by atoms with Gasteiger partial charge in [-0.3, -0.25) is 4.79 Å². The smallest absolute Gasteiger partial charge is 0.254 e. The maximum Gasteiger partial charge on any atom is 0.254 e. The minimum absolute atomic E-state index is 0.00822.